The van der Waals surface area contributed by atoms with Crippen LogP contribution in [0.3, 0.4) is 0 Å². The largest absolute Gasteiger partial charge is 0.370 e. The molecule has 2 aromatic rings. The minimum atomic E-state index is 0.455. The molecular weight excluding hydrogens is 330 g/mol. The molecule has 134 valence electrons. The lowest BCUT2D eigenvalue weighted by atomic mass is 10.0. The van der Waals surface area contributed by atoms with Crippen LogP contribution in [0.4, 0.5) is 10.8 Å². The van der Waals surface area contributed by atoms with E-state index < -0.39 is 0 Å². The van der Waals surface area contributed by atoms with E-state index in [9.17, 15) is 0 Å². The third kappa shape index (κ3) is 4.95. The van der Waals surface area contributed by atoms with E-state index in [4.69, 9.17) is 10.7 Å². The molecule has 0 radical (unpaired) electrons. The van der Waals surface area contributed by atoms with E-state index in [-0.39, 0.29) is 0 Å². The summed E-state index contributed by atoms with van der Waals surface area (Å²) in [4.78, 5) is 11.5. The van der Waals surface area contributed by atoms with Crippen LogP contribution in [-0.4, -0.2) is 30.6 Å². The molecule has 0 amide bonds. The molecule has 5 nitrogen and oxygen atoms in total. The summed E-state index contributed by atoms with van der Waals surface area (Å²) in [5.41, 5.74) is 9.39. The molecule has 1 aromatic carbocycles. The van der Waals surface area contributed by atoms with Gasteiger partial charge in [0.2, 0.25) is 0 Å². The van der Waals surface area contributed by atoms with Crippen LogP contribution < -0.4 is 16.0 Å². The number of nitrogens with zero attached hydrogens (tertiary/aromatic N) is 3. The van der Waals surface area contributed by atoms with Crippen molar-refractivity contribution in [3.8, 4) is 0 Å². The molecule has 0 unspecified atom stereocenters. The van der Waals surface area contributed by atoms with Crippen LogP contribution in [0.25, 0.3) is 0 Å². The van der Waals surface area contributed by atoms with Crippen molar-refractivity contribution < 1.29 is 0 Å². The maximum Gasteiger partial charge on any atom is 0.193 e. The Morgan fingerprint density at radius 1 is 1.36 bits per heavy atom. The number of hydrogen-bond donors (Lipinski definition) is 2. The Bertz CT molecular complexity index is 716. The summed E-state index contributed by atoms with van der Waals surface area (Å²) in [5, 5.41) is 6.46. The van der Waals surface area contributed by atoms with Crippen LogP contribution in [0, 0.1) is 0 Å². The first-order valence-corrected chi connectivity index (χ1v) is 9.86. The van der Waals surface area contributed by atoms with Gasteiger partial charge in [0.15, 0.2) is 11.1 Å². The van der Waals surface area contributed by atoms with Gasteiger partial charge < -0.3 is 16.0 Å². The first-order valence-electron chi connectivity index (χ1n) is 8.98. The highest BCUT2D eigenvalue weighted by molar-refractivity contribution is 7.13. The Kier molecular flexibility index (Phi) is 5.91. The fourth-order valence-electron chi connectivity index (χ4n) is 2.92. The zero-order valence-electron chi connectivity index (χ0n) is 15.0. The van der Waals surface area contributed by atoms with Crippen LogP contribution in [-0.2, 0) is 6.42 Å². The molecule has 0 atom stereocenters. The number of aliphatic imine (C=N–C) groups is 1. The lowest BCUT2D eigenvalue weighted by Crippen LogP contribution is -2.23. The predicted molar refractivity (Wildman–Crippen MR) is 108 cm³/mol. The Hall–Kier alpha value is -2.08. The number of hydrogen-bond acceptors (Lipinski definition) is 4. The van der Waals surface area contributed by atoms with E-state index in [0.29, 0.717) is 18.4 Å². The van der Waals surface area contributed by atoms with Crippen LogP contribution in [0.5, 0.6) is 0 Å². The van der Waals surface area contributed by atoms with Gasteiger partial charge in [0, 0.05) is 37.1 Å². The standard InChI is InChI=1S/C19H27N5S/c1-14(2)15-6-5-7-16(12-15)22-18(20)21-9-8-17-13-25-19(23-17)24-10-3-4-11-24/h5-7,12-14H,3-4,8-11H2,1-2H3,(H3,20,21,22). The van der Waals surface area contributed by atoms with Crippen LogP contribution in [0.15, 0.2) is 34.6 Å². The van der Waals surface area contributed by atoms with E-state index >= 15 is 0 Å². The fraction of sp³-hybridized carbons (Fsp3) is 0.474. The van der Waals surface area contributed by atoms with Gasteiger partial charge in [0.1, 0.15) is 0 Å². The van der Waals surface area contributed by atoms with Crippen molar-refractivity contribution in [1.82, 2.24) is 4.98 Å². The smallest absolute Gasteiger partial charge is 0.193 e. The Labute approximate surface area is 154 Å². The van der Waals surface area contributed by atoms with Gasteiger partial charge in [-0.05, 0) is 36.5 Å². The van der Waals surface area contributed by atoms with Crippen molar-refractivity contribution in [1.29, 1.82) is 0 Å². The van der Waals surface area contributed by atoms with Gasteiger partial charge in [-0.2, -0.15) is 0 Å². The van der Waals surface area contributed by atoms with Crippen LogP contribution >= 0.6 is 11.3 Å². The SMILES string of the molecule is CC(C)c1cccc(NC(N)=NCCc2csc(N3CCCC3)n2)c1. The molecule has 0 bridgehead atoms. The third-order valence-corrected chi connectivity index (χ3v) is 5.34. The average Bonchev–Trinajstić information content (AvgIpc) is 3.26. The molecular formula is C19H27N5S. The normalized spacial score (nSPS) is 15.2. The molecule has 25 heavy (non-hydrogen) atoms. The predicted octanol–water partition coefficient (Wildman–Crippen LogP) is 3.84. The van der Waals surface area contributed by atoms with Crippen molar-refractivity contribution in [2.75, 3.05) is 29.9 Å². The maximum absolute atomic E-state index is 6.01. The molecule has 0 saturated carbocycles. The van der Waals surface area contributed by atoms with Crippen molar-refractivity contribution in [3.05, 3.63) is 40.9 Å². The highest BCUT2D eigenvalue weighted by Gasteiger charge is 2.15. The summed E-state index contributed by atoms with van der Waals surface area (Å²) in [6.45, 7) is 7.28. The molecule has 6 heteroatoms. The van der Waals surface area contributed by atoms with Crippen molar-refractivity contribution in [2.45, 2.75) is 39.0 Å². The first-order chi connectivity index (χ1) is 12.1. The molecule has 0 spiro atoms. The molecule has 1 aliphatic rings. The highest BCUT2D eigenvalue weighted by atomic mass is 32.1. The number of rotatable bonds is 6. The molecule has 1 saturated heterocycles. The van der Waals surface area contributed by atoms with Gasteiger partial charge in [-0.25, -0.2) is 4.98 Å². The molecule has 3 N–H and O–H groups in total. The van der Waals surface area contributed by atoms with Crippen LogP contribution in [0.1, 0.15) is 43.9 Å². The van der Waals surface area contributed by atoms with Crippen molar-refractivity contribution >= 4 is 28.1 Å². The lowest BCUT2D eigenvalue weighted by molar-refractivity contribution is 0.867. The molecule has 1 fully saturated rings. The minimum Gasteiger partial charge on any atom is -0.370 e. The quantitative estimate of drug-likeness (QED) is 0.609. The number of aromatic nitrogens is 1. The summed E-state index contributed by atoms with van der Waals surface area (Å²) >= 11 is 1.73. The Morgan fingerprint density at radius 3 is 2.92 bits per heavy atom. The van der Waals surface area contributed by atoms with Gasteiger partial charge >= 0.3 is 0 Å². The van der Waals surface area contributed by atoms with Gasteiger partial charge in [-0.15, -0.1) is 11.3 Å². The maximum atomic E-state index is 6.01. The van der Waals surface area contributed by atoms with Crippen molar-refractivity contribution in [3.63, 3.8) is 0 Å². The zero-order valence-corrected chi connectivity index (χ0v) is 15.9. The van der Waals surface area contributed by atoms with Crippen molar-refractivity contribution in [2.24, 2.45) is 10.7 Å². The first kappa shape index (κ1) is 17.7. The number of benzene rings is 1. The number of guanidine groups is 1. The molecule has 1 aromatic heterocycles. The van der Waals surface area contributed by atoms with Gasteiger partial charge in [0.25, 0.3) is 0 Å². The van der Waals surface area contributed by atoms with Gasteiger partial charge in [-0.1, -0.05) is 26.0 Å². The topological polar surface area (TPSA) is 66.5 Å². The second-order valence-electron chi connectivity index (χ2n) is 6.74. The second-order valence-corrected chi connectivity index (χ2v) is 7.57. The summed E-state index contributed by atoms with van der Waals surface area (Å²) in [6.07, 6.45) is 3.37. The third-order valence-electron chi connectivity index (χ3n) is 4.39. The fourth-order valence-corrected chi connectivity index (χ4v) is 3.83. The number of nitrogens with two attached hydrogens (primary N) is 1. The molecule has 0 aliphatic carbocycles. The van der Waals surface area contributed by atoms with Gasteiger partial charge in [0.05, 0.1) is 5.69 Å². The molecule has 2 heterocycles. The summed E-state index contributed by atoms with van der Waals surface area (Å²) in [6, 6.07) is 8.30. The number of anilines is 2. The zero-order chi connectivity index (χ0) is 17.6. The van der Waals surface area contributed by atoms with E-state index in [1.165, 1.54) is 18.4 Å². The minimum absolute atomic E-state index is 0.455. The summed E-state index contributed by atoms with van der Waals surface area (Å²) in [5.74, 6) is 0.949. The van der Waals surface area contributed by atoms with E-state index in [1.54, 1.807) is 11.3 Å². The highest BCUT2D eigenvalue weighted by Crippen LogP contribution is 2.24. The second kappa shape index (κ2) is 8.34. The monoisotopic (exact) mass is 357 g/mol. The van der Waals surface area contributed by atoms with E-state index in [1.807, 2.05) is 12.1 Å². The molecule has 1 aliphatic heterocycles. The average molecular weight is 358 g/mol. The Balaban J connectivity index is 1.51. The van der Waals surface area contributed by atoms with Crippen LogP contribution in [0.2, 0.25) is 0 Å². The van der Waals surface area contributed by atoms with Gasteiger partial charge in [-0.3, -0.25) is 4.99 Å². The number of thiazole rings is 1. The Morgan fingerprint density at radius 2 is 2.16 bits per heavy atom. The van der Waals surface area contributed by atoms with E-state index in [0.717, 1.165) is 36.0 Å². The van der Waals surface area contributed by atoms with E-state index in [2.05, 4.69) is 46.6 Å². The summed E-state index contributed by atoms with van der Waals surface area (Å²) < 4.78 is 0. The molecule has 3 rings (SSSR count). The summed E-state index contributed by atoms with van der Waals surface area (Å²) in [7, 11) is 0. The lowest BCUT2D eigenvalue weighted by Gasteiger charge is -2.12. The number of nitrogens with one attached hydrogen (secondary N) is 1.